The number of benzene rings is 1. The highest BCUT2D eigenvalue weighted by Gasteiger charge is 2.59. The van der Waals surface area contributed by atoms with Crippen molar-refractivity contribution in [2.24, 2.45) is 23.7 Å². The molecule has 4 aliphatic rings. The van der Waals surface area contributed by atoms with Crippen LogP contribution in [0.15, 0.2) is 46.8 Å². The van der Waals surface area contributed by atoms with Crippen LogP contribution in [0.25, 0.3) is 10.2 Å². The summed E-state index contributed by atoms with van der Waals surface area (Å²) >= 11 is 3.55. The van der Waals surface area contributed by atoms with E-state index in [4.69, 9.17) is 4.98 Å². The van der Waals surface area contributed by atoms with Crippen molar-refractivity contribution in [2.75, 3.05) is 12.0 Å². The van der Waals surface area contributed by atoms with Crippen LogP contribution in [-0.4, -0.2) is 33.6 Å². The van der Waals surface area contributed by atoms with E-state index in [1.54, 1.807) is 11.3 Å². The van der Waals surface area contributed by atoms with Gasteiger partial charge in [-0.05, 0) is 55.7 Å². The molecule has 6 rings (SSSR count). The summed E-state index contributed by atoms with van der Waals surface area (Å²) in [5, 5.41) is 3.82. The monoisotopic (exact) mass is 437 g/mol. The number of carbonyl (C=O) groups is 2. The molecule has 5 atom stereocenters. The molecule has 3 aliphatic carbocycles. The van der Waals surface area contributed by atoms with Crippen LogP contribution >= 0.6 is 23.1 Å². The molecule has 30 heavy (non-hydrogen) atoms. The van der Waals surface area contributed by atoms with Gasteiger partial charge in [0, 0.05) is 10.9 Å². The summed E-state index contributed by atoms with van der Waals surface area (Å²) in [6.07, 6.45) is 13.4. The van der Waals surface area contributed by atoms with Crippen molar-refractivity contribution in [3.8, 4) is 0 Å². The lowest BCUT2D eigenvalue weighted by Crippen LogP contribution is -2.37. The standard InChI is InChI=1S/C23H23N3O2S2/c27-21-19-13-6-7-14(10-13)20(19)22(28)26(21)12-24-15-8-9-17-18(11-15)30-23(25-17)29-16-4-2-1-3-5-16/h2,4,6-9,11,13-14,16,19-20,24H,1,3,5,10,12H2/t13-,14-,16-,19-,20+/m0/s1. The summed E-state index contributed by atoms with van der Waals surface area (Å²) in [6, 6.07) is 6.07. The fourth-order valence-corrected chi connectivity index (χ4v) is 7.82. The number of imide groups is 1. The third kappa shape index (κ3) is 3.02. The normalized spacial score (nSPS) is 31.9. The molecule has 1 aromatic heterocycles. The van der Waals surface area contributed by atoms with Crippen LogP contribution in [-0.2, 0) is 9.59 Å². The lowest BCUT2D eigenvalue weighted by molar-refractivity contribution is -0.140. The molecule has 7 heteroatoms. The second kappa shape index (κ2) is 7.24. The minimum Gasteiger partial charge on any atom is -0.367 e. The predicted molar refractivity (Wildman–Crippen MR) is 120 cm³/mol. The Morgan fingerprint density at radius 1 is 1.13 bits per heavy atom. The fourth-order valence-electron chi connectivity index (χ4n) is 5.36. The Morgan fingerprint density at radius 3 is 2.67 bits per heavy atom. The van der Waals surface area contributed by atoms with Gasteiger partial charge in [-0.25, -0.2) is 4.98 Å². The predicted octanol–water partition coefficient (Wildman–Crippen LogP) is 4.67. The number of thiazole rings is 1. The van der Waals surface area contributed by atoms with Gasteiger partial charge >= 0.3 is 0 Å². The number of carbonyl (C=O) groups excluding carboxylic acids is 2. The third-order valence-electron chi connectivity index (χ3n) is 6.83. The maximum absolute atomic E-state index is 12.8. The number of rotatable bonds is 5. The molecule has 0 spiro atoms. The Morgan fingerprint density at radius 2 is 1.93 bits per heavy atom. The van der Waals surface area contributed by atoms with E-state index in [1.165, 1.54) is 24.2 Å². The number of anilines is 1. The SMILES string of the molecule is O=C1[C@@H]2[C@H](C(=O)N1CNc1ccc3nc(S[C@H]4C=CCCC4)sc3c1)[C@H]1C=C[C@H]2C1. The van der Waals surface area contributed by atoms with E-state index in [0.717, 1.165) is 26.7 Å². The Balaban J connectivity index is 1.14. The number of fused-ring (bicyclic) bond motifs is 6. The maximum atomic E-state index is 12.8. The van der Waals surface area contributed by atoms with Gasteiger partial charge in [0.25, 0.3) is 0 Å². The minimum absolute atomic E-state index is 0.00700. The second-order valence-corrected chi connectivity index (χ2v) is 11.1. The molecule has 1 saturated heterocycles. The molecule has 1 N–H and O–H groups in total. The average Bonchev–Trinajstić information content (AvgIpc) is 3.51. The first-order valence-corrected chi connectivity index (χ1v) is 12.4. The fraction of sp³-hybridized carbons (Fsp3) is 0.435. The number of thioether (sulfide) groups is 1. The van der Waals surface area contributed by atoms with Crippen molar-refractivity contribution in [2.45, 2.75) is 35.3 Å². The van der Waals surface area contributed by atoms with Gasteiger partial charge in [0.1, 0.15) is 0 Å². The third-order valence-corrected chi connectivity index (χ3v) is 9.17. The van der Waals surface area contributed by atoms with Crippen molar-refractivity contribution >= 4 is 50.8 Å². The molecule has 2 bridgehead atoms. The van der Waals surface area contributed by atoms with Crippen LogP contribution in [0, 0.1) is 23.7 Å². The zero-order valence-corrected chi connectivity index (χ0v) is 18.1. The highest BCUT2D eigenvalue weighted by Crippen LogP contribution is 2.52. The Kier molecular flexibility index (Phi) is 4.49. The zero-order chi connectivity index (χ0) is 20.2. The summed E-state index contributed by atoms with van der Waals surface area (Å²) in [5.74, 6) is 0.230. The van der Waals surface area contributed by atoms with Crippen LogP contribution < -0.4 is 5.32 Å². The van der Waals surface area contributed by atoms with Crippen molar-refractivity contribution < 1.29 is 9.59 Å². The van der Waals surface area contributed by atoms with E-state index in [-0.39, 0.29) is 42.2 Å². The van der Waals surface area contributed by atoms with Crippen molar-refractivity contribution in [3.05, 3.63) is 42.5 Å². The van der Waals surface area contributed by atoms with Crippen LogP contribution in [0.2, 0.25) is 0 Å². The Bertz CT molecular complexity index is 1060. The van der Waals surface area contributed by atoms with Crippen LogP contribution in [0.4, 0.5) is 5.69 Å². The van der Waals surface area contributed by atoms with Gasteiger partial charge < -0.3 is 5.32 Å². The topological polar surface area (TPSA) is 62.3 Å². The average molecular weight is 438 g/mol. The molecular weight excluding hydrogens is 414 g/mol. The molecule has 1 saturated carbocycles. The van der Waals surface area contributed by atoms with Gasteiger partial charge in [0.2, 0.25) is 11.8 Å². The number of hydrogen-bond donors (Lipinski definition) is 1. The zero-order valence-electron chi connectivity index (χ0n) is 16.5. The molecule has 5 nitrogen and oxygen atoms in total. The first-order valence-electron chi connectivity index (χ1n) is 10.7. The minimum atomic E-state index is -0.133. The summed E-state index contributed by atoms with van der Waals surface area (Å²) in [6.45, 7) is 0.239. The molecule has 1 aromatic carbocycles. The van der Waals surface area contributed by atoms with Gasteiger partial charge in [-0.15, -0.1) is 11.3 Å². The number of nitrogens with one attached hydrogen (secondary N) is 1. The van der Waals surface area contributed by atoms with E-state index in [1.807, 2.05) is 23.9 Å². The number of likely N-dealkylation sites (tertiary alicyclic amines) is 1. The molecule has 154 valence electrons. The first-order chi connectivity index (χ1) is 14.7. The number of hydrogen-bond acceptors (Lipinski definition) is 6. The molecular formula is C23H23N3O2S2. The van der Waals surface area contributed by atoms with Gasteiger partial charge in [-0.3, -0.25) is 14.5 Å². The van der Waals surface area contributed by atoms with E-state index < -0.39 is 0 Å². The lowest BCUT2D eigenvalue weighted by Gasteiger charge is -2.18. The number of nitrogens with zero attached hydrogens (tertiary/aromatic N) is 2. The smallest absolute Gasteiger partial charge is 0.235 e. The quantitative estimate of drug-likeness (QED) is 0.544. The molecule has 0 unspecified atom stereocenters. The number of aromatic nitrogens is 1. The van der Waals surface area contributed by atoms with Crippen LogP contribution in [0.1, 0.15) is 25.7 Å². The summed E-state index contributed by atoms with van der Waals surface area (Å²) < 4.78 is 2.22. The molecule has 0 radical (unpaired) electrons. The van der Waals surface area contributed by atoms with E-state index in [9.17, 15) is 9.59 Å². The summed E-state index contributed by atoms with van der Waals surface area (Å²) in [7, 11) is 0. The molecule has 2 aromatic rings. The highest BCUT2D eigenvalue weighted by molar-refractivity contribution is 8.01. The van der Waals surface area contributed by atoms with Gasteiger partial charge in [0.05, 0.1) is 28.7 Å². The largest absolute Gasteiger partial charge is 0.367 e. The number of amides is 2. The van der Waals surface area contributed by atoms with Gasteiger partial charge in [-0.1, -0.05) is 36.1 Å². The number of allylic oxidation sites excluding steroid dienone is 3. The first kappa shape index (κ1) is 18.6. The maximum Gasteiger partial charge on any atom is 0.235 e. The summed E-state index contributed by atoms with van der Waals surface area (Å²) in [4.78, 5) is 31.8. The summed E-state index contributed by atoms with van der Waals surface area (Å²) in [5.41, 5.74) is 1.91. The van der Waals surface area contributed by atoms with Gasteiger partial charge in [0.15, 0.2) is 4.34 Å². The van der Waals surface area contributed by atoms with Gasteiger partial charge in [-0.2, -0.15) is 0 Å². The molecule has 2 heterocycles. The molecule has 2 amide bonds. The van der Waals surface area contributed by atoms with Crippen LogP contribution in [0.3, 0.4) is 0 Å². The van der Waals surface area contributed by atoms with E-state index in [2.05, 4.69) is 35.7 Å². The van der Waals surface area contributed by atoms with Crippen molar-refractivity contribution in [3.63, 3.8) is 0 Å². The van der Waals surface area contributed by atoms with Crippen molar-refractivity contribution in [1.82, 2.24) is 9.88 Å². The second-order valence-electron chi connectivity index (χ2n) is 8.62. The van der Waals surface area contributed by atoms with Crippen LogP contribution in [0.5, 0.6) is 0 Å². The lowest BCUT2D eigenvalue weighted by atomic mass is 9.85. The Hall–Kier alpha value is -2.12. The van der Waals surface area contributed by atoms with E-state index >= 15 is 0 Å². The highest BCUT2D eigenvalue weighted by atomic mass is 32.2. The molecule has 1 aliphatic heterocycles. The van der Waals surface area contributed by atoms with Crippen molar-refractivity contribution in [1.29, 1.82) is 0 Å². The Labute approximate surface area is 183 Å². The molecule has 2 fully saturated rings. The van der Waals surface area contributed by atoms with E-state index in [0.29, 0.717) is 5.25 Å².